The van der Waals surface area contributed by atoms with Gasteiger partial charge in [0.15, 0.2) is 0 Å². The van der Waals surface area contributed by atoms with Crippen molar-refractivity contribution in [1.29, 1.82) is 0 Å². The Balaban J connectivity index is 2.85. The van der Waals surface area contributed by atoms with Gasteiger partial charge in [-0.2, -0.15) is 0 Å². The maximum Gasteiger partial charge on any atom is 0.306 e. The number of nitrogens with zero attached hydrogens (tertiary/aromatic N) is 1. The lowest BCUT2D eigenvalue weighted by atomic mass is 10.1. The number of halogens is 2. The van der Waals surface area contributed by atoms with Crippen molar-refractivity contribution in [3.8, 4) is 0 Å². The van der Waals surface area contributed by atoms with Crippen molar-refractivity contribution in [2.24, 2.45) is 0 Å². The molecule has 0 amide bonds. The van der Waals surface area contributed by atoms with Crippen molar-refractivity contribution < 1.29 is 15.0 Å². The van der Waals surface area contributed by atoms with Crippen molar-refractivity contribution in [2.45, 2.75) is 12.5 Å². The van der Waals surface area contributed by atoms with E-state index in [-0.39, 0.29) is 16.6 Å². The molecule has 1 aromatic rings. The number of pyridine rings is 1. The number of carboxylic acids is 1. The van der Waals surface area contributed by atoms with Crippen molar-refractivity contribution in [3.63, 3.8) is 0 Å². The lowest BCUT2D eigenvalue weighted by Gasteiger charge is -2.07. The van der Waals surface area contributed by atoms with Crippen molar-refractivity contribution in [2.75, 3.05) is 0 Å². The van der Waals surface area contributed by atoms with E-state index in [0.717, 1.165) is 0 Å². The summed E-state index contributed by atoms with van der Waals surface area (Å²) in [5.74, 6) is -1.09. The smallest absolute Gasteiger partial charge is 0.306 e. The Kier molecular flexibility index (Phi) is 3.69. The molecule has 1 atom stereocenters. The lowest BCUT2D eigenvalue weighted by molar-refractivity contribution is -0.139. The maximum absolute atomic E-state index is 10.3. The topological polar surface area (TPSA) is 70.4 Å². The number of carboxylic acid groups (broad SMARTS) is 1. The molecular formula is C8H7Cl2NO3. The average Bonchev–Trinajstić information content (AvgIpc) is 2.08. The Morgan fingerprint density at radius 2 is 2.21 bits per heavy atom. The highest BCUT2D eigenvalue weighted by Gasteiger charge is 2.13. The number of rotatable bonds is 3. The van der Waals surface area contributed by atoms with E-state index in [1.807, 2.05) is 0 Å². The molecule has 1 heterocycles. The van der Waals surface area contributed by atoms with Crippen LogP contribution in [0.5, 0.6) is 0 Å². The summed E-state index contributed by atoms with van der Waals surface area (Å²) in [6.45, 7) is 0. The third-order valence-corrected chi connectivity index (χ3v) is 2.26. The van der Waals surface area contributed by atoms with Gasteiger partial charge in [-0.15, -0.1) is 0 Å². The summed E-state index contributed by atoms with van der Waals surface area (Å²) in [5.41, 5.74) is 0.335. The summed E-state index contributed by atoms with van der Waals surface area (Å²) in [4.78, 5) is 14.0. The summed E-state index contributed by atoms with van der Waals surface area (Å²) in [6, 6.07) is 1.39. The number of hydrogen-bond acceptors (Lipinski definition) is 3. The van der Waals surface area contributed by atoms with Crippen LogP contribution < -0.4 is 0 Å². The van der Waals surface area contributed by atoms with Crippen LogP contribution in [0.3, 0.4) is 0 Å². The van der Waals surface area contributed by atoms with E-state index in [1.165, 1.54) is 12.3 Å². The van der Waals surface area contributed by atoms with Gasteiger partial charge in [-0.05, 0) is 6.07 Å². The molecule has 76 valence electrons. The minimum Gasteiger partial charge on any atom is -0.481 e. The highest BCUT2D eigenvalue weighted by Crippen LogP contribution is 2.24. The minimum atomic E-state index is -1.12. The molecule has 0 radical (unpaired) electrons. The third kappa shape index (κ3) is 2.83. The quantitative estimate of drug-likeness (QED) is 0.786. The third-order valence-electron chi connectivity index (χ3n) is 1.57. The highest BCUT2D eigenvalue weighted by molar-refractivity contribution is 6.41. The predicted molar refractivity (Wildman–Crippen MR) is 51.5 cm³/mol. The van der Waals surface area contributed by atoms with Crippen LogP contribution in [0.2, 0.25) is 10.2 Å². The molecule has 1 rings (SSSR count). The number of aliphatic hydroxyl groups excluding tert-OH is 1. The SMILES string of the molecule is O=C(O)C[C@H](O)c1cnc(Cl)c(Cl)c1. The predicted octanol–water partition coefficient (Wildman–Crippen LogP) is 1.90. The van der Waals surface area contributed by atoms with Gasteiger partial charge in [-0.25, -0.2) is 4.98 Å². The van der Waals surface area contributed by atoms with Gasteiger partial charge < -0.3 is 10.2 Å². The van der Waals surface area contributed by atoms with Crippen molar-refractivity contribution in [1.82, 2.24) is 4.98 Å². The summed E-state index contributed by atoms with van der Waals surface area (Å²) in [6.07, 6.45) is -0.212. The fourth-order valence-corrected chi connectivity index (χ4v) is 1.18. The van der Waals surface area contributed by atoms with E-state index in [4.69, 9.17) is 28.3 Å². The van der Waals surface area contributed by atoms with Gasteiger partial charge in [0.05, 0.1) is 17.5 Å². The Hall–Kier alpha value is -0.840. The molecule has 1 aromatic heterocycles. The van der Waals surface area contributed by atoms with Crippen LogP contribution in [0.1, 0.15) is 18.1 Å². The second-order valence-electron chi connectivity index (χ2n) is 2.65. The van der Waals surface area contributed by atoms with Gasteiger partial charge >= 0.3 is 5.97 Å². The van der Waals surface area contributed by atoms with Crippen molar-refractivity contribution >= 4 is 29.2 Å². The first-order valence-electron chi connectivity index (χ1n) is 3.71. The first-order chi connectivity index (χ1) is 6.50. The number of hydrogen-bond donors (Lipinski definition) is 2. The Morgan fingerprint density at radius 3 is 2.71 bits per heavy atom. The summed E-state index contributed by atoms with van der Waals surface area (Å²) < 4.78 is 0. The Morgan fingerprint density at radius 1 is 1.57 bits per heavy atom. The molecular weight excluding hydrogens is 229 g/mol. The van der Waals surface area contributed by atoms with Crippen LogP contribution in [0.25, 0.3) is 0 Å². The molecule has 6 heteroatoms. The molecule has 0 unspecified atom stereocenters. The zero-order chi connectivity index (χ0) is 10.7. The highest BCUT2D eigenvalue weighted by atomic mass is 35.5. The maximum atomic E-state index is 10.3. The van der Waals surface area contributed by atoms with Gasteiger partial charge in [-0.3, -0.25) is 4.79 Å². The van der Waals surface area contributed by atoms with Crippen LogP contribution in [0, 0.1) is 0 Å². The van der Waals surface area contributed by atoms with Gasteiger partial charge in [0.25, 0.3) is 0 Å². The molecule has 0 fully saturated rings. The standard InChI is InChI=1S/C8H7Cl2NO3/c9-5-1-4(3-11-8(5)10)6(12)2-7(13)14/h1,3,6,12H,2H2,(H,13,14)/t6-/m0/s1. The van der Waals surface area contributed by atoms with Crippen LogP contribution in [0.15, 0.2) is 12.3 Å². The number of aromatic nitrogens is 1. The summed E-state index contributed by atoms with van der Waals surface area (Å²) in [7, 11) is 0. The van der Waals surface area contributed by atoms with E-state index in [0.29, 0.717) is 5.56 Å². The molecule has 0 saturated heterocycles. The van der Waals surface area contributed by atoms with E-state index in [2.05, 4.69) is 4.98 Å². The number of aliphatic hydroxyl groups is 1. The molecule has 2 N–H and O–H groups in total. The largest absolute Gasteiger partial charge is 0.481 e. The van der Waals surface area contributed by atoms with Crippen molar-refractivity contribution in [3.05, 3.63) is 28.0 Å². The lowest BCUT2D eigenvalue weighted by Crippen LogP contribution is -2.05. The van der Waals surface area contributed by atoms with Gasteiger partial charge in [0.1, 0.15) is 5.15 Å². The zero-order valence-electron chi connectivity index (χ0n) is 6.94. The van der Waals surface area contributed by atoms with Gasteiger partial charge in [-0.1, -0.05) is 23.2 Å². The van der Waals surface area contributed by atoms with Crippen LogP contribution >= 0.6 is 23.2 Å². The molecule has 0 aliphatic carbocycles. The fraction of sp³-hybridized carbons (Fsp3) is 0.250. The zero-order valence-corrected chi connectivity index (χ0v) is 8.46. The molecule has 14 heavy (non-hydrogen) atoms. The van der Waals surface area contributed by atoms with Crippen LogP contribution in [-0.4, -0.2) is 21.2 Å². The molecule has 0 spiro atoms. The Labute approximate surface area is 90.1 Å². The van der Waals surface area contributed by atoms with Gasteiger partial charge in [0.2, 0.25) is 0 Å². The summed E-state index contributed by atoms with van der Waals surface area (Å²) >= 11 is 11.2. The number of aliphatic carboxylic acids is 1. The first kappa shape index (κ1) is 11.2. The first-order valence-corrected chi connectivity index (χ1v) is 4.47. The van der Waals surface area contributed by atoms with E-state index in [9.17, 15) is 9.90 Å². The molecule has 0 bridgehead atoms. The Bertz CT molecular complexity index is 356. The average molecular weight is 236 g/mol. The fourth-order valence-electron chi connectivity index (χ4n) is 0.902. The monoisotopic (exact) mass is 235 g/mol. The molecule has 0 aliphatic rings. The normalized spacial score (nSPS) is 12.5. The molecule has 4 nitrogen and oxygen atoms in total. The van der Waals surface area contributed by atoms with Gasteiger partial charge in [0, 0.05) is 11.8 Å². The second-order valence-corrected chi connectivity index (χ2v) is 3.42. The van der Waals surface area contributed by atoms with E-state index >= 15 is 0 Å². The second kappa shape index (κ2) is 4.59. The minimum absolute atomic E-state index is 0.123. The molecule has 0 aliphatic heterocycles. The summed E-state index contributed by atoms with van der Waals surface area (Å²) in [5, 5.41) is 18.1. The number of carbonyl (C=O) groups is 1. The van der Waals surface area contributed by atoms with E-state index < -0.39 is 12.1 Å². The molecule has 0 aromatic carbocycles. The van der Waals surface area contributed by atoms with E-state index in [1.54, 1.807) is 0 Å². The molecule has 0 saturated carbocycles. The van der Waals surface area contributed by atoms with Crippen LogP contribution in [0.4, 0.5) is 0 Å². The van der Waals surface area contributed by atoms with Crippen LogP contribution in [-0.2, 0) is 4.79 Å².